The molecule has 0 saturated carbocycles. The monoisotopic (exact) mass is 389 g/mol. The van der Waals surface area contributed by atoms with Gasteiger partial charge in [-0.25, -0.2) is 0 Å². The average Bonchev–Trinajstić information content (AvgIpc) is 3.08. The van der Waals surface area contributed by atoms with E-state index in [1.807, 2.05) is 26.0 Å². The van der Waals surface area contributed by atoms with Crippen molar-refractivity contribution in [3.8, 4) is 11.5 Å². The Morgan fingerprint density at radius 1 is 1.25 bits per heavy atom. The van der Waals surface area contributed by atoms with E-state index in [1.54, 1.807) is 6.07 Å². The minimum absolute atomic E-state index is 0.0249. The number of likely N-dealkylation sites (N-methyl/N-ethyl adjacent to an activating group) is 1. The number of hydrogen-bond donors (Lipinski definition) is 3. The van der Waals surface area contributed by atoms with Crippen LogP contribution >= 0.6 is 0 Å². The lowest BCUT2D eigenvalue weighted by atomic mass is 10.2. The molecule has 8 nitrogen and oxygen atoms in total. The molecular weight excluding hydrogens is 358 g/mol. The Kier molecular flexibility index (Phi) is 7.28. The number of nitrogens with zero attached hydrogens (tertiary/aromatic N) is 2. The molecule has 0 saturated heterocycles. The molecule has 28 heavy (non-hydrogen) atoms. The topological polar surface area (TPSA) is 108 Å². The predicted molar refractivity (Wildman–Crippen MR) is 111 cm³/mol. The summed E-state index contributed by atoms with van der Waals surface area (Å²) in [5, 5.41) is 8.23. The molecule has 0 aliphatic rings. The van der Waals surface area contributed by atoms with Gasteiger partial charge in [-0.2, -0.15) is 0 Å². The first-order chi connectivity index (χ1) is 13.3. The van der Waals surface area contributed by atoms with Crippen LogP contribution in [0, 0.1) is 5.41 Å². The molecule has 0 bridgehead atoms. The highest BCUT2D eigenvalue weighted by molar-refractivity contribution is 6.06. The van der Waals surface area contributed by atoms with Crippen LogP contribution < -0.4 is 15.2 Å². The van der Waals surface area contributed by atoms with Crippen molar-refractivity contribution in [3.63, 3.8) is 0 Å². The quantitative estimate of drug-likeness (QED) is 0.451. The molecule has 1 aromatic heterocycles. The normalized spacial score (nSPS) is 11.2. The third-order valence-electron chi connectivity index (χ3n) is 4.50. The Balaban J connectivity index is 2.32. The van der Waals surface area contributed by atoms with Gasteiger partial charge in [0.25, 0.3) is 5.91 Å². The van der Waals surface area contributed by atoms with E-state index < -0.39 is 0 Å². The fourth-order valence-corrected chi connectivity index (χ4v) is 2.85. The first-order valence-electron chi connectivity index (χ1n) is 9.57. The predicted octanol–water partition coefficient (Wildman–Crippen LogP) is 2.64. The molecule has 2 rings (SSSR count). The largest absolute Gasteiger partial charge is 0.492 e. The van der Waals surface area contributed by atoms with E-state index in [1.165, 1.54) is 7.05 Å². The van der Waals surface area contributed by atoms with Crippen molar-refractivity contribution in [2.45, 2.75) is 33.8 Å². The van der Waals surface area contributed by atoms with E-state index >= 15 is 0 Å². The lowest BCUT2D eigenvalue weighted by Gasteiger charge is -2.18. The van der Waals surface area contributed by atoms with Crippen LogP contribution in [0.3, 0.4) is 0 Å². The minimum Gasteiger partial charge on any atom is -0.492 e. The van der Waals surface area contributed by atoms with Crippen LogP contribution in [0.1, 0.15) is 38.2 Å². The number of carbonyl (C=O) groups excluding carboxylic acids is 1. The molecule has 1 heterocycles. The maximum atomic E-state index is 12.5. The summed E-state index contributed by atoms with van der Waals surface area (Å²) in [6.45, 7) is 11.5. The Hall–Kier alpha value is -2.74. The van der Waals surface area contributed by atoms with Gasteiger partial charge in [0.15, 0.2) is 5.96 Å². The molecule has 0 aliphatic heterocycles. The second-order valence-electron chi connectivity index (χ2n) is 6.86. The van der Waals surface area contributed by atoms with Gasteiger partial charge in [-0.05, 0) is 33.0 Å². The SMILES string of the molecule is CCN(CC)CCOc1cc(OC(C)C)c2cc(C(=O)N(C)C(=N)N)[nH]c2c1. The van der Waals surface area contributed by atoms with Gasteiger partial charge in [0.05, 0.1) is 11.6 Å². The van der Waals surface area contributed by atoms with Crippen LogP contribution in [0.5, 0.6) is 11.5 Å². The molecule has 154 valence electrons. The van der Waals surface area contributed by atoms with Gasteiger partial charge < -0.3 is 25.1 Å². The number of nitrogens with two attached hydrogens (primary N) is 1. The summed E-state index contributed by atoms with van der Waals surface area (Å²) in [5.41, 5.74) is 6.48. The van der Waals surface area contributed by atoms with E-state index in [9.17, 15) is 4.79 Å². The molecule has 0 atom stereocenters. The molecule has 0 fully saturated rings. The Labute approximate surface area is 166 Å². The van der Waals surface area contributed by atoms with Gasteiger partial charge in [-0.3, -0.25) is 15.1 Å². The number of amides is 1. The zero-order valence-electron chi connectivity index (χ0n) is 17.3. The molecule has 4 N–H and O–H groups in total. The standard InChI is InChI=1S/C20H31N5O3/c1-6-25(7-2)8-9-27-14-10-16-15(18(11-14)28-13(3)4)12-17(23-16)19(26)24(5)20(21)22/h10-13,23H,6-9H2,1-5H3,(H3,21,22). The highest BCUT2D eigenvalue weighted by Gasteiger charge is 2.19. The lowest BCUT2D eigenvalue weighted by molar-refractivity contribution is 0.0864. The molecule has 0 unspecified atom stereocenters. The van der Waals surface area contributed by atoms with Crippen molar-refractivity contribution in [3.05, 3.63) is 23.9 Å². The van der Waals surface area contributed by atoms with E-state index in [2.05, 4.69) is 23.7 Å². The lowest BCUT2D eigenvalue weighted by Crippen LogP contribution is -2.38. The summed E-state index contributed by atoms with van der Waals surface area (Å²) in [5.74, 6) is 0.619. The second-order valence-corrected chi connectivity index (χ2v) is 6.86. The van der Waals surface area contributed by atoms with Crippen molar-refractivity contribution in [2.24, 2.45) is 5.73 Å². The molecule has 0 spiro atoms. The second kappa shape index (κ2) is 9.45. The third kappa shape index (κ3) is 5.16. The first kappa shape index (κ1) is 21.6. The van der Waals surface area contributed by atoms with Gasteiger partial charge in [-0.15, -0.1) is 0 Å². The Bertz CT molecular complexity index is 827. The fourth-order valence-electron chi connectivity index (χ4n) is 2.85. The van der Waals surface area contributed by atoms with Crippen LogP contribution in [0.4, 0.5) is 0 Å². The zero-order chi connectivity index (χ0) is 20.8. The third-order valence-corrected chi connectivity index (χ3v) is 4.50. The highest BCUT2D eigenvalue weighted by Crippen LogP contribution is 2.33. The van der Waals surface area contributed by atoms with E-state index in [-0.39, 0.29) is 18.0 Å². The van der Waals surface area contributed by atoms with Crippen molar-refractivity contribution in [2.75, 3.05) is 33.3 Å². The summed E-state index contributed by atoms with van der Waals surface area (Å²) >= 11 is 0. The number of nitrogens with one attached hydrogen (secondary N) is 2. The Morgan fingerprint density at radius 2 is 1.93 bits per heavy atom. The molecule has 1 amide bonds. The summed E-state index contributed by atoms with van der Waals surface area (Å²) in [4.78, 5) is 18.9. The van der Waals surface area contributed by atoms with Crippen molar-refractivity contribution < 1.29 is 14.3 Å². The van der Waals surface area contributed by atoms with E-state index in [0.717, 1.165) is 35.4 Å². The molecular formula is C20H31N5O3. The molecule has 2 aromatic rings. The van der Waals surface area contributed by atoms with Gasteiger partial charge in [0, 0.05) is 31.1 Å². The summed E-state index contributed by atoms with van der Waals surface area (Å²) < 4.78 is 11.9. The van der Waals surface area contributed by atoms with Gasteiger partial charge in [0.1, 0.15) is 23.8 Å². The van der Waals surface area contributed by atoms with Crippen molar-refractivity contribution >= 4 is 22.8 Å². The Morgan fingerprint density at radius 3 is 2.50 bits per heavy atom. The van der Waals surface area contributed by atoms with Crippen LogP contribution in [0.25, 0.3) is 10.9 Å². The highest BCUT2D eigenvalue weighted by atomic mass is 16.5. The minimum atomic E-state index is -0.386. The van der Waals surface area contributed by atoms with Crippen molar-refractivity contribution in [1.29, 1.82) is 5.41 Å². The van der Waals surface area contributed by atoms with Gasteiger partial charge >= 0.3 is 0 Å². The summed E-state index contributed by atoms with van der Waals surface area (Å²) in [6.07, 6.45) is -0.0249. The number of aromatic amines is 1. The molecule has 8 heteroatoms. The number of benzene rings is 1. The molecule has 0 aliphatic carbocycles. The number of rotatable bonds is 9. The van der Waals surface area contributed by atoms with Crippen molar-refractivity contribution in [1.82, 2.24) is 14.8 Å². The van der Waals surface area contributed by atoms with Crippen LogP contribution in [-0.4, -0.2) is 66.0 Å². The van der Waals surface area contributed by atoms with E-state index in [0.29, 0.717) is 23.8 Å². The number of fused-ring (bicyclic) bond motifs is 1. The molecule has 0 radical (unpaired) electrons. The number of aromatic nitrogens is 1. The molecule has 1 aromatic carbocycles. The van der Waals surface area contributed by atoms with Crippen LogP contribution in [-0.2, 0) is 0 Å². The number of hydrogen-bond acceptors (Lipinski definition) is 5. The number of carbonyl (C=O) groups is 1. The summed E-state index contributed by atoms with van der Waals surface area (Å²) in [6, 6.07) is 5.42. The maximum Gasteiger partial charge on any atom is 0.276 e. The van der Waals surface area contributed by atoms with Gasteiger partial charge in [0.2, 0.25) is 0 Å². The van der Waals surface area contributed by atoms with Crippen LogP contribution in [0.15, 0.2) is 18.2 Å². The summed E-state index contributed by atoms with van der Waals surface area (Å²) in [7, 11) is 1.46. The zero-order valence-corrected chi connectivity index (χ0v) is 17.3. The smallest absolute Gasteiger partial charge is 0.276 e. The maximum absolute atomic E-state index is 12.5. The first-order valence-corrected chi connectivity index (χ1v) is 9.57. The number of H-pyrrole nitrogens is 1. The van der Waals surface area contributed by atoms with E-state index in [4.69, 9.17) is 20.6 Å². The number of guanidine groups is 1. The number of ether oxygens (including phenoxy) is 2. The van der Waals surface area contributed by atoms with Gasteiger partial charge in [-0.1, -0.05) is 13.8 Å². The fraction of sp³-hybridized carbons (Fsp3) is 0.500. The average molecular weight is 390 g/mol. The van der Waals surface area contributed by atoms with Crippen LogP contribution in [0.2, 0.25) is 0 Å².